The zero-order valence-corrected chi connectivity index (χ0v) is 8.74. The van der Waals surface area contributed by atoms with Gasteiger partial charge in [0.1, 0.15) is 0 Å². The minimum absolute atomic E-state index is 0.124. The molecule has 78 valence electrons. The van der Waals surface area contributed by atoms with Crippen LogP contribution in [-0.2, 0) is 0 Å². The van der Waals surface area contributed by atoms with Crippen LogP contribution < -0.4 is 0 Å². The van der Waals surface area contributed by atoms with Crippen LogP contribution in [0.4, 0.5) is 8.78 Å². The molecule has 1 aromatic carbocycles. The van der Waals surface area contributed by atoms with Crippen LogP contribution in [0, 0.1) is 23.3 Å². The monoisotopic (exact) mass is 226 g/mol. The number of nitrogens with one attached hydrogen (secondary N) is 1. The second kappa shape index (κ2) is 3.58. The predicted octanol–water partition coefficient (Wildman–Crippen LogP) is 3.12. The summed E-state index contributed by atoms with van der Waals surface area (Å²) in [6, 6.07) is 4.00. The summed E-state index contributed by atoms with van der Waals surface area (Å²) >= 11 is 4.98. The lowest BCUT2D eigenvalue weighted by Gasteiger charge is -2.06. The highest BCUT2D eigenvalue weighted by Crippen LogP contribution is 2.18. The van der Waals surface area contributed by atoms with Gasteiger partial charge in [0, 0.05) is 11.9 Å². The fourth-order valence-electron chi connectivity index (χ4n) is 1.42. The maximum Gasteiger partial charge on any atom is 0.182 e. The first-order valence-electron chi connectivity index (χ1n) is 4.32. The molecule has 0 bridgehead atoms. The van der Waals surface area contributed by atoms with Crippen molar-refractivity contribution in [3.05, 3.63) is 46.5 Å². The van der Waals surface area contributed by atoms with Gasteiger partial charge in [-0.25, -0.2) is 8.78 Å². The first-order chi connectivity index (χ1) is 7.11. The van der Waals surface area contributed by atoms with Gasteiger partial charge in [-0.15, -0.1) is 0 Å². The molecule has 0 aliphatic heterocycles. The topological polar surface area (TPSA) is 20.7 Å². The average molecular weight is 226 g/mol. The number of nitrogens with zero attached hydrogens (tertiary/aromatic N) is 1. The molecule has 2 aromatic rings. The molecule has 0 aliphatic carbocycles. The Bertz CT molecular complexity index is 557. The van der Waals surface area contributed by atoms with Crippen molar-refractivity contribution in [3.63, 3.8) is 0 Å². The number of halogens is 2. The van der Waals surface area contributed by atoms with E-state index in [1.807, 2.05) is 0 Å². The summed E-state index contributed by atoms with van der Waals surface area (Å²) in [5.74, 6) is -1.77. The van der Waals surface area contributed by atoms with E-state index in [-0.39, 0.29) is 5.69 Å². The SMILES string of the molecule is Cc1c[nH]c(=S)n1-c1cccc(F)c1F. The van der Waals surface area contributed by atoms with Crippen LogP contribution in [-0.4, -0.2) is 9.55 Å². The number of rotatable bonds is 1. The number of H-pyrrole nitrogens is 1. The van der Waals surface area contributed by atoms with Gasteiger partial charge >= 0.3 is 0 Å². The molecule has 1 N–H and O–H groups in total. The van der Waals surface area contributed by atoms with E-state index in [2.05, 4.69) is 4.98 Å². The van der Waals surface area contributed by atoms with Gasteiger partial charge in [-0.05, 0) is 31.3 Å². The van der Waals surface area contributed by atoms with Crippen LogP contribution >= 0.6 is 12.2 Å². The van der Waals surface area contributed by atoms with E-state index >= 15 is 0 Å². The quantitative estimate of drug-likeness (QED) is 0.741. The third kappa shape index (κ3) is 1.59. The van der Waals surface area contributed by atoms with Gasteiger partial charge < -0.3 is 4.98 Å². The summed E-state index contributed by atoms with van der Waals surface area (Å²) in [5, 5.41) is 0. The highest BCUT2D eigenvalue weighted by molar-refractivity contribution is 7.71. The minimum atomic E-state index is -0.892. The number of imidazole rings is 1. The molecule has 0 spiro atoms. The highest BCUT2D eigenvalue weighted by Gasteiger charge is 2.11. The van der Waals surface area contributed by atoms with E-state index in [4.69, 9.17) is 12.2 Å². The zero-order chi connectivity index (χ0) is 11.0. The van der Waals surface area contributed by atoms with Gasteiger partial charge in [0.25, 0.3) is 0 Å². The van der Waals surface area contributed by atoms with E-state index in [9.17, 15) is 8.78 Å². The summed E-state index contributed by atoms with van der Waals surface area (Å²) in [6.45, 7) is 1.76. The summed E-state index contributed by atoms with van der Waals surface area (Å²) in [5.41, 5.74) is 0.850. The lowest BCUT2D eigenvalue weighted by atomic mass is 10.3. The van der Waals surface area contributed by atoms with Gasteiger partial charge in [-0.1, -0.05) is 6.07 Å². The first-order valence-corrected chi connectivity index (χ1v) is 4.73. The number of benzene rings is 1. The molecular formula is C10H8F2N2S. The summed E-state index contributed by atoms with van der Waals surface area (Å²) in [6.07, 6.45) is 1.65. The Labute approximate surface area is 90.2 Å². The van der Waals surface area contributed by atoms with E-state index in [1.165, 1.54) is 16.7 Å². The Balaban J connectivity index is 2.75. The van der Waals surface area contributed by atoms with Gasteiger partial charge in [-0.2, -0.15) is 0 Å². The number of hydrogen-bond donors (Lipinski definition) is 1. The van der Waals surface area contributed by atoms with Crippen molar-refractivity contribution in [3.8, 4) is 5.69 Å². The fourth-order valence-corrected chi connectivity index (χ4v) is 1.72. The maximum absolute atomic E-state index is 13.5. The standard InChI is InChI=1S/C10H8F2N2S/c1-6-5-13-10(15)14(6)8-4-2-3-7(11)9(8)12/h2-5H,1H3,(H,13,15). The highest BCUT2D eigenvalue weighted by atomic mass is 32.1. The lowest BCUT2D eigenvalue weighted by molar-refractivity contribution is 0.503. The van der Waals surface area contributed by atoms with Crippen molar-refractivity contribution in [1.29, 1.82) is 0 Å². The molecule has 2 rings (SSSR count). The van der Waals surface area contributed by atoms with Crippen LogP contribution in [0.5, 0.6) is 0 Å². The molecule has 1 heterocycles. The molecule has 0 saturated heterocycles. The van der Waals surface area contributed by atoms with Crippen molar-refractivity contribution in [2.75, 3.05) is 0 Å². The smallest absolute Gasteiger partial charge is 0.182 e. The molecular weight excluding hydrogens is 218 g/mol. The van der Waals surface area contributed by atoms with Crippen LogP contribution in [0.15, 0.2) is 24.4 Å². The Morgan fingerprint density at radius 3 is 2.67 bits per heavy atom. The summed E-state index contributed by atoms with van der Waals surface area (Å²) in [4.78, 5) is 2.77. The zero-order valence-electron chi connectivity index (χ0n) is 7.92. The fraction of sp³-hybridized carbons (Fsp3) is 0.100. The molecule has 2 nitrogen and oxygen atoms in total. The van der Waals surface area contributed by atoms with Gasteiger partial charge in [-0.3, -0.25) is 4.57 Å². The van der Waals surface area contributed by atoms with Crippen molar-refractivity contribution >= 4 is 12.2 Å². The molecule has 0 unspecified atom stereocenters. The molecule has 15 heavy (non-hydrogen) atoms. The Hall–Kier alpha value is -1.49. The molecule has 5 heteroatoms. The van der Waals surface area contributed by atoms with Gasteiger partial charge in [0.15, 0.2) is 16.4 Å². The molecule has 0 fully saturated rings. The van der Waals surface area contributed by atoms with Crippen LogP contribution in [0.2, 0.25) is 0 Å². The number of aromatic amines is 1. The van der Waals surface area contributed by atoms with Crippen LogP contribution in [0.1, 0.15) is 5.69 Å². The minimum Gasteiger partial charge on any atom is -0.337 e. The van der Waals surface area contributed by atoms with E-state index in [0.29, 0.717) is 4.77 Å². The van der Waals surface area contributed by atoms with E-state index in [0.717, 1.165) is 11.8 Å². The van der Waals surface area contributed by atoms with Crippen LogP contribution in [0.25, 0.3) is 5.69 Å². The van der Waals surface area contributed by atoms with Gasteiger partial charge in [0.2, 0.25) is 0 Å². The number of aromatic nitrogens is 2. The Morgan fingerprint density at radius 1 is 1.33 bits per heavy atom. The Morgan fingerprint density at radius 2 is 2.07 bits per heavy atom. The molecule has 1 aromatic heterocycles. The number of hydrogen-bond acceptors (Lipinski definition) is 1. The van der Waals surface area contributed by atoms with Crippen molar-refractivity contribution in [2.45, 2.75) is 6.92 Å². The van der Waals surface area contributed by atoms with Crippen LogP contribution in [0.3, 0.4) is 0 Å². The molecule has 0 amide bonds. The van der Waals surface area contributed by atoms with E-state index in [1.54, 1.807) is 13.1 Å². The predicted molar refractivity (Wildman–Crippen MR) is 55.6 cm³/mol. The largest absolute Gasteiger partial charge is 0.337 e. The molecule has 0 atom stereocenters. The van der Waals surface area contributed by atoms with Crippen molar-refractivity contribution in [1.82, 2.24) is 9.55 Å². The third-order valence-electron chi connectivity index (χ3n) is 2.13. The van der Waals surface area contributed by atoms with Gasteiger partial charge in [0.05, 0.1) is 5.69 Å². The Kier molecular flexibility index (Phi) is 2.40. The van der Waals surface area contributed by atoms with Crippen molar-refractivity contribution < 1.29 is 8.78 Å². The molecule has 0 radical (unpaired) electrons. The summed E-state index contributed by atoms with van der Waals surface area (Å²) in [7, 11) is 0. The number of aryl methyl sites for hydroxylation is 1. The third-order valence-corrected chi connectivity index (χ3v) is 2.43. The second-order valence-electron chi connectivity index (χ2n) is 3.14. The first kappa shape index (κ1) is 10.0. The van der Waals surface area contributed by atoms with E-state index < -0.39 is 11.6 Å². The second-order valence-corrected chi connectivity index (χ2v) is 3.53. The molecule has 0 aliphatic rings. The maximum atomic E-state index is 13.5. The summed E-state index contributed by atoms with van der Waals surface area (Å²) < 4.78 is 28.3. The lowest BCUT2D eigenvalue weighted by Crippen LogP contribution is -2.01. The van der Waals surface area contributed by atoms with Crippen molar-refractivity contribution in [2.24, 2.45) is 0 Å². The molecule has 0 saturated carbocycles. The average Bonchev–Trinajstić information content (AvgIpc) is 2.52. The normalized spacial score (nSPS) is 10.6.